The standard InChI is InChI=1S/C18H32N4O2S/c1-18(17(20)23,16(25)9-7-11-21-2)22(12-5-4-10-19)15-8-3-6-13-24-14-15/h4,15,19,21H,3,5-9,11-14H2,1-2H3,(H2,20,23)/t15?,18-/m0/s1. The normalized spacial score (nSPS) is 20.4. The summed E-state index contributed by atoms with van der Waals surface area (Å²) in [5.41, 5.74) is 4.85. The lowest BCUT2D eigenvalue weighted by atomic mass is 9.88. The van der Waals surface area contributed by atoms with E-state index in [2.05, 4.69) is 16.1 Å². The summed E-state index contributed by atoms with van der Waals surface area (Å²) in [6.45, 7) is 4.63. The molecule has 0 radical (unpaired) electrons. The Hall–Kier alpha value is -1.11. The number of carbonyl (C=O) groups is 1. The molecule has 1 unspecified atom stereocenters. The van der Waals surface area contributed by atoms with Gasteiger partial charge in [0.25, 0.3) is 0 Å². The molecule has 6 nitrogen and oxygen atoms in total. The van der Waals surface area contributed by atoms with E-state index in [1.54, 1.807) is 6.08 Å². The molecule has 142 valence electrons. The van der Waals surface area contributed by atoms with Crippen LogP contribution in [0.25, 0.3) is 0 Å². The van der Waals surface area contributed by atoms with Crippen molar-refractivity contribution in [3.63, 3.8) is 0 Å². The third kappa shape index (κ3) is 6.28. The molecular formula is C18H32N4O2S. The van der Waals surface area contributed by atoms with Crippen molar-refractivity contribution in [2.24, 2.45) is 5.73 Å². The number of nitrogens with zero attached hydrogens (tertiary/aromatic N) is 1. The van der Waals surface area contributed by atoms with Gasteiger partial charge >= 0.3 is 0 Å². The summed E-state index contributed by atoms with van der Waals surface area (Å²) in [6.07, 6.45) is 6.87. The summed E-state index contributed by atoms with van der Waals surface area (Å²) < 4.78 is 5.74. The Morgan fingerprint density at radius 1 is 1.56 bits per heavy atom. The predicted octanol–water partition coefficient (Wildman–Crippen LogP) is 1.67. The highest BCUT2D eigenvalue weighted by atomic mass is 32.1. The molecule has 1 amide bonds. The molecule has 1 fully saturated rings. The highest BCUT2D eigenvalue weighted by Gasteiger charge is 2.44. The SMILES string of the molecule is CNCCCC(=S)[C@@](C)(C(N)=O)N(CCC=C=N)C1CCCCOC1. The zero-order chi connectivity index (χ0) is 18.7. The van der Waals surface area contributed by atoms with Gasteiger partial charge < -0.3 is 15.8 Å². The van der Waals surface area contributed by atoms with Crippen LogP contribution in [0.4, 0.5) is 0 Å². The van der Waals surface area contributed by atoms with Gasteiger partial charge in [-0.1, -0.05) is 12.2 Å². The first-order valence-corrected chi connectivity index (χ1v) is 9.45. The summed E-state index contributed by atoms with van der Waals surface area (Å²) in [7, 11) is 1.90. The first kappa shape index (κ1) is 21.9. The van der Waals surface area contributed by atoms with Crippen LogP contribution in [0.15, 0.2) is 6.08 Å². The lowest BCUT2D eigenvalue weighted by Gasteiger charge is -2.44. The van der Waals surface area contributed by atoms with Crippen LogP contribution in [0.1, 0.15) is 45.4 Å². The summed E-state index contributed by atoms with van der Waals surface area (Å²) in [5.74, 6) is 1.89. The average Bonchev–Trinajstić information content (AvgIpc) is 2.87. The third-order valence-corrected chi connectivity index (χ3v) is 5.47. The molecule has 1 saturated heterocycles. The van der Waals surface area contributed by atoms with Crippen molar-refractivity contribution in [1.82, 2.24) is 10.2 Å². The molecule has 0 aromatic heterocycles. The highest BCUT2D eigenvalue weighted by molar-refractivity contribution is 7.80. The zero-order valence-corrected chi connectivity index (χ0v) is 16.3. The number of nitrogens with one attached hydrogen (secondary N) is 2. The molecule has 1 heterocycles. The van der Waals surface area contributed by atoms with Gasteiger partial charge in [0.2, 0.25) is 5.91 Å². The monoisotopic (exact) mass is 368 g/mol. The van der Waals surface area contributed by atoms with E-state index in [1.165, 1.54) is 0 Å². The number of nitrogens with two attached hydrogens (primary N) is 1. The van der Waals surface area contributed by atoms with E-state index in [1.807, 2.05) is 14.0 Å². The minimum atomic E-state index is -0.989. The van der Waals surface area contributed by atoms with Gasteiger partial charge in [0.1, 0.15) is 5.54 Å². The molecule has 0 aliphatic carbocycles. The van der Waals surface area contributed by atoms with Gasteiger partial charge in [-0.15, -0.1) is 0 Å². The second kappa shape index (κ2) is 11.5. The van der Waals surface area contributed by atoms with Crippen molar-refractivity contribution in [2.75, 3.05) is 33.4 Å². The summed E-state index contributed by atoms with van der Waals surface area (Å²) in [6, 6.07) is 0.0985. The maximum absolute atomic E-state index is 12.5. The van der Waals surface area contributed by atoms with Crippen LogP contribution in [0.3, 0.4) is 0 Å². The third-order valence-electron chi connectivity index (χ3n) is 4.87. The molecule has 1 aliphatic rings. The summed E-state index contributed by atoms with van der Waals surface area (Å²) in [4.78, 5) is 15.3. The number of ether oxygens (including phenoxy) is 1. The van der Waals surface area contributed by atoms with Crippen LogP contribution < -0.4 is 11.1 Å². The number of hydrogen-bond donors (Lipinski definition) is 3. The fourth-order valence-corrected chi connectivity index (χ4v) is 3.65. The van der Waals surface area contributed by atoms with Crippen LogP contribution in [-0.4, -0.2) is 66.5 Å². The van der Waals surface area contributed by atoms with Gasteiger partial charge in [0.15, 0.2) is 0 Å². The molecule has 0 saturated carbocycles. The summed E-state index contributed by atoms with van der Waals surface area (Å²) >= 11 is 5.66. The molecule has 1 aliphatic heterocycles. The van der Waals surface area contributed by atoms with E-state index in [0.717, 1.165) is 38.8 Å². The predicted molar refractivity (Wildman–Crippen MR) is 105 cm³/mol. The van der Waals surface area contributed by atoms with Crippen molar-refractivity contribution < 1.29 is 9.53 Å². The molecule has 1 rings (SSSR count). The number of rotatable bonds is 11. The number of hydrogen-bond acceptors (Lipinski definition) is 6. The van der Waals surface area contributed by atoms with E-state index >= 15 is 0 Å². The second-order valence-electron chi connectivity index (χ2n) is 6.62. The van der Waals surface area contributed by atoms with Crippen molar-refractivity contribution in [3.8, 4) is 0 Å². The first-order chi connectivity index (χ1) is 12.0. The summed E-state index contributed by atoms with van der Waals surface area (Å²) in [5, 5.41) is 10.2. The van der Waals surface area contributed by atoms with Crippen LogP contribution in [-0.2, 0) is 9.53 Å². The quantitative estimate of drug-likeness (QED) is 0.293. The largest absolute Gasteiger partial charge is 0.380 e. The van der Waals surface area contributed by atoms with Gasteiger partial charge in [-0.05, 0) is 71.0 Å². The van der Waals surface area contributed by atoms with Gasteiger partial charge in [0.05, 0.1) is 6.61 Å². The van der Waals surface area contributed by atoms with Crippen molar-refractivity contribution in [2.45, 2.75) is 57.0 Å². The number of thiocarbonyl (C=S) groups is 1. The zero-order valence-electron chi connectivity index (χ0n) is 15.5. The van der Waals surface area contributed by atoms with Crippen LogP contribution in [0, 0.1) is 5.41 Å². The van der Waals surface area contributed by atoms with Crippen molar-refractivity contribution in [3.05, 3.63) is 6.08 Å². The smallest absolute Gasteiger partial charge is 0.242 e. The Labute approximate surface area is 156 Å². The van der Waals surface area contributed by atoms with E-state index < -0.39 is 11.4 Å². The number of amides is 1. The number of primary amides is 1. The topological polar surface area (TPSA) is 91.4 Å². The van der Waals surface area contributed by atoms with Crippen LogP contribution in [0.5, 0.6) is 0 Å². The van der Waals surface area contributed by atoms with E-state index in [0.29, 0.717) is 30.9 Å². The lowest BCUT2D eigenvalue weighted by molar-refractivity contribution is -0.127. The molecule has 0 spiro atoms. The van der Waals surface area contributed by atoms with E-state index in [4.69, 9.17) is 28.1 Å². The molecule has 25 heavy (non-hydrogen) atoms. The molecule has 0 aromatic rings. The van der Waals surface area contributed by atoms with Gasteiger partial charge in [-0.25, -0.2) is 0 Å². The Morgan fingerprint density at radius 2 is 2.32 bits per heavy atom. The fourth-order valence-electron chi connectivity index (χ4n) is 3.29. The molecule has 7 heteroatoms. The average molecular weight is 369 g/mol. The fraction of sp³-hybridized carbons (Fsp3) is 0.778. The molecular weight excluding hydrogens is 336 g/mol. The molecule has 0 bridgehead atoms. The van der Waals surface area contributed by atoms with Crippen molar-refractivity contribution in [1.29, 1.82) is 5.41 Å². The van der Waals surface area contributed by atoms with Gasteiger partial charge in [-0.3, -0.25) is 15.1 Å². The Bertz CT molecular complexity index is 485. The van der Waals surface area contributed by atoms with E-state index in [9.17, 15) is 4.79 Å². The van der Waals surface area contributed by atoms with Gasteiger partial charge in [0, 0.05) is 24.1 Å². The number of carbonyl (C=O) groups excluding carboxylic acids is 1. The minimum Gasteiger partial charge on any atom is -0.380 e. The van der Waals surface area contributed by atoms with Crippen molar-refractivity contribution >= 4 is 28.9 Å². The van der Waals surface area contributed by atoms with E-state index in [-0.39, 0.29) is 6.04 Å². The molecule has 2 atom stereocenters. The lowest BCUT2D eigenvalue weighted by Crippen LogP contribution is -2.64. The maximum Gasteiger partial charge on any atom is 0.242 e. The second-order valence-corrected chi connectivity index (χ2v) is 7.11. The first-order valence-electron chi connectivity index (χ1n) is 9.04. The highest BCUT2D eigenvalue weighted by Crippen LogP contribution is 2.27. The maximum atomic E-state index is 12.5. The van der Waals surface area contributed by atoms with Crippen LogP contribution in [0.2, 0.25) is 0 Å². The minimum absolute atomic E-state index is 0.0985. The molecule has 0 aromatic carbocycles. The Kier molecular flexibility index (Phi) is 10.1. The Morgan fingerprint density at radius 3 is 2.96 bits per heavy atom. The molecule has 4 N–H and O–H groups in total. The Balaban J connectivity index is 3.06. The van der Waals surface area contributed by atoms with Crippen LogP contribution >= 0.6 is 12.2 Å². The van der Waals surface area contributed by atoms with Gasteiger partial charge in [-0.2, -0.15) is 0 Å².